The van der Waals surface area contributed by atoms with Crippen LogP contribution < -0.4 is 14.8 Å². The number of amides is 2. The van der Waals surface area contributed by atoms with E-state index < -0.39 is 17.1 Å². The number of methoxy groups -OCH3 is 1. The van der Waals surface area contributed by atoms with Gasteiger partial charge in [0, 0.05) is 5.56 Å². The molecule has 2 aromatic carbocycles. The standard InChI is InChI=1S/C18H13NO5S/c1-23-13-8-6-11(7-9-13)17(21)24-14-5-3-2-4-12(14)10-15-16(20)19-18(22)25-15/h2-10H,1H3,(H,19,20,22)/b15-10-. The van der Waals surface area contributed by atoms with Crippen molar-refractivity contribution in [1.82, 2.24) is 5.32 Å². The van der Waals surface area contributed by atoms with Crippen molar-refractivity contribution in [2.24, 2.45) is 0 Å². The van der Waals surface area contributed by atoms with Crippen LogP contribution in [0.1, 0.15) is 15.9 Å². The Kier molecular flexibility index (Phi) is 4.85. The summed E-state index contributed by atoms with van der Waals surface area (Å²) in [4.78, 5) is 35.5. The fraction of sp³-hybridized carbons (Fsp3) is 0.0556. The van der Waals surface area contributed by atoms with Crippen molar-refractivity contribution in [3.63, 3.8) is 0 Å². The molecule has 0 spiro atoms. The monoisotopic (exact) mass is 355 g/mol. The molecule has 0 bridgehead atoms. The highest BCUT2D eigenvalue weighted by atomic mass is 32.2. The van der Waals surface area contributed by atoms with Crippen molar-refractivity contribution in [2.45, 2.75) is 0 Å². The molecule has 6 nitrogen and oxygen atoms in total. The molecule has 126 valence electrons. The molecule has 25 heavy (non-hydrogen) atoms. The van der Waals surface area contributed by atoms with E-state index in [0.717, 1.165) is 11.8 Å². The minimum Gasteiger partial charge on any atom is -0.497 e. The minimum absolute atomic E-state index is 0.248. The van der Waals surface area contributed by atoms with Gasteiger partial charge in [-0.3, -0.25) is 14.9 Å². The molecule has 0 saturated carbocycles. The number of nitrogens with one attached hydrogen (secondary N) is 1. The Bertz CT molecular complexity index is 873. The zero-order valence-electron chi connectivity index (χ0n) is 13.1. The molecule has 1 N–H and O–H groups in total. The van der Waals surface area contributed by atoms with E-state index in [2.05, 4.69) is 5.32 Å². The summed E-state index contributed by atoms with van der Waals surface area (Å²) >= 11 is 0.804. The lowest BCUT2D eigenvalue weighted by molar-refractivity contribution is -0.115. The Balaban J connectivity index is 1.83. The number of carbonyl (C=O) groups excluding carboxylic acids is 3. The summed E-state index contributed by atoms with van der Waals surface area (Å²) in [5.74, 6) is -0.0708. The molecule has 1 saturated heterocycles. The van der Waals surface area contributed by atoms with E-state index >= 15 is 0 Å². The zero-order chi connectivity index (χ0) is 17.8. The van der Waals surface area contributed by atoms with Gasteiger partial charge in [-0.15, -0.1) is 0 Å². The summed E-state index contributed by atoms with van der Waals surface area (Å²) in [6.45, 7) is 0. The largest absolute Gasteiger partial charge is 0.497 e. The first kappa shape index (κ1) is 16.8. The maximum Gasteiger partial charge on any atom is 0.343 e. The van der Waals surface area contributed by atoms with Crippen LogP contribution in [-0.4, -0.2) is 24.2 Å². The summed E-state index contributed by atoms with van der Waals surface area (Å²) < 4.78 is 10.5. The lowest BCUT2D eigenvalue weighted by Crippen LogP contribution is -2.17. The van der Waals surface area contributed by atoms with Gasteiger partial charge >= 0.3 is 5.97 Å². The van der Waals surface area contributed by atoms with E-state index in [1.807, 2.05) is 0 Å². The first-order valence-corrected chi connectivity index (χ1v) is 8.08. The Morgan fingerprint density at radius 2 is 1.80 bits per heavy atom. The number of para-hydroxylation sites is 1. The van der Waals surface area contributed by atoms with Gasteiger partial charge in [0.2, 0.25) is 0 Å². The summed E-state index contributed by atoms with van der Waals surface area (Å²) in [5.41, 5.74) is 0.892. The van der Waals surface area contributed by atoms with Crippen LogP contribution in [0.5, 0.6) is 11.5 Å². The summed E-state index contributed by atoms with van der Waals surface area (Å²) in [5, 5.41) is 1.75. The first-order valence-electron chi connectivity index (χ1n) is 7.27. The minimum atomic E-state index is -0.534. The lowest BCUT2D eigenvalue weighted by atomic mass is 10.1. The van der Waals surface area contributed by atoms with Crippen molar-refractivity contribution in [3.05, 3.63) is 64.6 Å². The highest BCUT2D eigenvalue weighted by molar-refractivity contribution is 8.18. The van der Waals surface area contributed by atoms with E-state index in [0.29, 0.717) is 22.6 Å². The maximum absolute atomic E-state index is 12.3. The second-order valence-electron chi connectivity index (χ2n) is 5.01. The second-order valence-corrected chi connectivity index (χ2v) is 6.02. The van der Waals surface area contributed by atoms with Gasteiger partial charge in [0.05, 0.1) is 17.6 Å². The SMILES string of the molecule is COc1ccc(C(=O)Oc2ccccc2/C=C2\SC(=O)NC2=O)cc1. The van der Waals surface area contributed by atoms with E-state index in [1.54, 1.807) is 55.6 Å². The number of thioether (sulfide) groups is 1. The molecule has 0 unspecified atom stereocenters. The highest BCUT2D eigenvalue weighted by Crippen LogP contribution is 2.29. The van der Waals surface area contributed by atoms with Crippen LogP contribution in [-0.2, 0) is 4.79 Å². The predicted molar refractivity (Wildman–Crippen MR) is 93.5 cm³/mol. The molecule has 3 rings (SSSR count). The highest BCUT2D eigenvalue weighted by Gasteiger charge is 2.25. The van der Waals surface area contributed by atoms with Crippen LogP contribution >= 0.6 is 11.8 Å². The summed E-state index contributed by atoms with van der Waals surface area (Å²) in [6.07, 6.45) is 1.52. The molecular formula is C18H13NO5S. The second kappa shape index (κ2) is 7.23. The zero-order valence-corrected chi connectivity index (χ0v) is 14.0. The van der Waals surface area contributed by atoms with Crippen molar-refractivity contribution < 1.29 is 23.9 Å². The molecule has 2 aromatic rings. The van der Waals surface area contributed by atoms with Crippen LogP contribution in [0, 0.1) is 0 Å². The number of ether oxygens (including phenoxy) is 2. The van der Waals surface area contributed by atoms with Crippen LogP contribution in [0.3, 0.4) is 0 Å². The topological polar surface area (TPSA) is 81.7 Å². The van der Waals surface area contributed by atoms with E-state index in [9.17, 15) is 14.4 Å². The molecule has 7 heteroatoms. The normalized spacial score (nSPS) is 15.2. The van der Waals surface area contributed by atoms with Gasteiger partial charge in [-0.05, 0) is 48.2 Å². The number of hydrogen-bond acceptors (Lipinski definition) is 6. The fourth-order valence-electron chi connectivity index (χ4n) is 2.14. The summed E-state index contributed by atoms with van der Waals surface area (Å²) in [7, 11) is 1.54. The molecule has 1 aliphatic heterocycles. The Morgan fingerprint density at radius 1 is 1.08 bits per heavy atom. The maximum atomic E-state index is 12.3. The molecule has 0 atom stereocenters. The molecule has 1 fully saturated rings. The predicted octanol–water partition coefficient (Wildman–Crippen LogP) is 3.24. The average Bonchev–Trinajstić information content (AvgIpc) is 2.94. The smallest absolute Gasteiger partial charge is 0.343 e. The van der Waals surface area contributed by atoms with Crippen molar-refractivity contribution in [1.29, 1.82) is 0 Å². The quantitative estimate of drug-likeness (QED) is 0.515. The number of benzene rings is 2. The van der Waals surface area contributed by atoms with Gasteiger partial charge in [-0.1, -0.05) is 18.2 Å². The third-order valence-electron chi connectivity index (χ3n) is 3.38. The molecule has 1 aliphatic rings. The third-order valence-corrected chi connectivity index (χ3v) is 4.19. The fourth-order valence-corrected chi connectivity index (χ4v) is 2.81. The van der Waals surface area contributed by atoms with E-state index in [4.69, 9.17) is 9.47 Å². The Hall–Kier alpha value is -3.06. The first-order chi connectivity index (χ1) is 12.1. The van der Waals surface area contributed by atoms with Crippen LogP contribution in [0.2, 0.25) is 0 Å². The third kappa shape index (κ3) is 3.89. The molecule has 2 amide bonds. The van der Waals surface area contributed by atoms with Gasteiger partial charge in [0.1, 0.15) is 11.5 Å². The number of esters is 1. The van der Waals surface area contributed by atoms with E-state index in [-0.39, 0.29) is 4.91 Å². The van der Waals surface area contributed by atoms with Crippen LogP contribution in [0.25, 0.3) is 6.08 Å². The van der Waals surface area contributed by atoms with Gasteiger partial charge in [-0.2, -0.15) is 0 Å². The van der Waals surface area contributed by atoms with Crippen molar-refractivity contribution >= 4 is 35.0 Å². The Morgan fingerprint density at radius 3 is 2.44 bits per heavy atom. The number of carbonyl (C=O) groups is 3. The van der Waals surface area contributed by atoms with Crippen LogP contribution in [0.15, 0.2) is 53.4 Å². The van der Waals surface area contributed by atoms with E-state index in [1.165, 1.54) is 6.08 Å². The molecule has 0 radical (unpaired) electrons. The lowest BCUT2D eigenvalue weighted by Gasteiger charge is -2.08. The Labute approximate surface area is 147 Å². The molecular weight excluding hydrogens is 342 g/mol. The van der Waals surface area contributed by atoms with Crippen LogP contribution in [0.4, 0.5) is 4.79 Å². The average molecular weight is 355 g/mol. The molecule has 0 aliphatic carbocycles. The van der Waals surface area contributed by atoms with Gasteiger partial charge in [0.25, 0.3) is 11.1 Å². The van der Waals surface area contributed by atoms with Crippen molar-refractivity contribution in [2.75, 3.05) is 7.11 Å². The van der Waals surface area contributed by atoms with Gasteiger partial charge in [-0.25, -0.2) is 4.79 Å². The molecule has 0 aromatic heterocycles. The van der Waals surface area contributed by atoms with Gasteiger partial charge in [0.15, 0.2) is 0 Å². The van der Waals surface area contributed by atoms with Crippen molar-refractivity contribution in [3.8, 4) is 11.5 Å². The number of hydrogen-bond donors (Lipinski definition) is 1. The number of rotatable bonds is 4. The van der Waals surface area contributed by atoms with Gasteiger partial charge < -0.3 is 9.47 Å². The molecule has 1 heterocycles. The number of imide groups is 1. The summed E-state index contributed by atoms with van der Waals surface area (Å²) in [6, 6.07) is 13.3.